The molecule has 0 atom stereocenters. The molecular formula is C16H20N4O3S. The Labute approximate surface area is 143 Å². The summed E-state index contributed by atoms with van der Waals surface area (Å²) in [7, 11) is 0. The maximum Gasteiger partial charge on any atom is 0.338 e. The summed E-state index contributed by atoms with van der Waals surface area (Å²) in [6.07, 6.45) is 4.43. The summed E-state index contributed by atoms with van der Waals surface area (Å²) in [5.41, 5.74) is 0.714. The number of likely N-dealkylation sites (tertiary alicyclic amines) is 1. The minimum atomic E-state index is -0.974. The molecule has 0 bridgehead atoms. The molecule has 0 aromatic carbocycles. The van der Waals surface area contributed by atoms with Crippen molar-refractivity contribution in [2.24, 2.45) is 0 Å². The Morgan fingerprint density at radius 3 is 2.58 bits per heavy atom. The molecule has 0 radical (unpaired) electrons. The van der Waals surface area contributed by atoms with E-state index in [1.807, 2.05) is 10.3 Å². The number of rotatable bonds is 4. The largest absolute Gasteiger partial charge is 0.478 e. The van der Waals surface area contributed by atoms with Crippen molar-refractivity contribution in [3.63, 3.8) is 0 Å². The van der Waals surface area contributed by atoms with Crippen molar-refractivity contribution in [2.75, 3.05) is 13.1 Å². The monoisotopic (exact) mass is 348 g/mol. The van der Waals surface area contributed by atoms with Crippen molar-refractivity contribution in [1.29, 1.82) is 0 Å². The summed E-state index contributed by atoms with van der Waals surface area (Å²) in [6, 6.07) is 0.129. The van der Waals surface area contributed by atoms with Crippen LogP contribution in [0.5, 0.6) is 0 Å². The van der Waals surface area contributed by atoms with E-state index in [0.717, 1.165) is 17.8 Å². The number of carbonyl (C=O) groups excluding carboxylic acids is 1. The lowest BCUT2D eigenvalue weighted by Crippen LogP contribution is -2.39. The van der Waals surface area contributed by atoms with Gasteiger partial charge in [0.2, 0.25) is 0 Å². The quantitative estimate of drug-likeness (QED) is 0.917. The maximum atomic E-state index is 12.5. The molecule has 24 heavy (non-hydrogen) atoms. The fourth-order valence-electron chi connectivity index (χ4n) is 2.79. The number of thiazole rings is 1. The molecule has 1 aliphatic rings. The lowest BCUT2D eigenvalue weighted by molar-refractivity contribution is 0.0683. The van der Waals surface area contributed by atoms with Crippen LogP contribution in [-0.2, 0) is 0 Å². The van der Waals surface area contributed by atoms with Crippen molar-refractivity contribution >= 4 is 23.2 Å². The van der Waals surface area contributed by atoms with Crippen LogP contribution < -0.4 is 0 Å². The van der Waals surface area contributed by atoms with Crippen LogP contribution in [-0.4, -0.2) is 49.7 Å². The fourth-order valence-corrected chi connectivity index (χ4v) is 3.60. The van der Waals surface area contributed by atoms with Gasteiger partial charge >= 0.3 is 5.97 Å². The van der Waals surface area contributed by atoms with Crippen LogP contribution in [0.2, 0.25) is 0 Å². The second-order valence-corrected chi connectivity index (χ2v) is 7.15. The summed E-state index contributed by atoms with van der Waals surface area (Å²) in [4.78, 5) is 29.7. The van der Waals surface area contributed by atoms with Gasteiger partial charge in [-0.3, -0.25) is 9.48 Å². The van der Waals surface area contributed by atoms with Crippen molar-refractivity contribution < 1.29 is 14.7 Å². The van der Waals surface area contributed by atoms with Gasteiger partial charge in [0.05, 0.1) is 22.8 Å². The van der Waals surface area contributed by atoms with E-state index in [4.69, 9.17) is 5.11 Å². The zero-order valence-electron chi connectivity index (χ0n) is 13.7. The average Bonchev–Trinajstić information content (AvgIpc) is 3.24. The Hall–Kier alpha value is -2.22. The van der Waals surface area contributed by atoms with Gasteiger partial charge in [-0.25, -0.2) is 9.78 Å². The molecule has 1 N–H and O–H groups in total. The van der Waals surface area contributed by atoms with Crippen molar-refractivity contribution in [2.45, 2.75) is 38.6 Å². The Morgan fingerprint density at radius 2 is 2.04 bits per heavy atom. The third kappa shape index (κ3) is 3.33. The molecule has 0 spiro atoms. The lowest BCUT2D eigenvalue weighted by atomic mass is 10.0. The first-order chi connectivity index (χ1) is 11.5. The number of carboxylic acids is 1. The molecule has 0 aliphatic carbocycles. The van der Waals surface area contributed by atoms with Gasteiger partial charge in [0.1, 0.15) is 5.69 Å². The molecular weight excluding hydrogens is 328 g/mol. The SMILES string of the molecule is CC(C)c1nc(C(=O)N2CCC(n3cc(C(=O)O)cn3)CC2)cs1. The minimum absolute atomic E-state index is 0.0247. The molecule has 0 saturated carbocycles. The number of hydrogen-bond acceptors (Lipinski definition) is 5. The Balaban J connectivity index is 1.61. The van der Waals surface area contributed by atoms with Gasteiger partial charge in [0.15, 0.2) is 0 Å². The third-order valence-electron chi connectivity index (χ3n) is 4.21. The number of hydrogen-bond donors (Lipinski definition) is 1. The van der Waals surface area contributed by atoms with Gasteiger partial charge in [-0.2, -0.15) is 5.10 Å². The Morgan fingerprint density at radius 1 is 1.33 bits per heavy atom. The first-order valence-corrected chi connectivity index (χ1v) is 8.86. The predicted octanol–water partition coefficient (Wildman–Crippen LogP) is 2.64. The highest BCUT2D eigenvalue weighted by atomic mass is 32.1. The van der Waals surface area contributed by atoms with E-state index in [1.165, 1.54) is 17.5 Å². The number of aromatic nitrogens is 3. The standard InChI is InChI=1S/C16H20N4O3S/c1-10(2)14-18-13(9-24-14)15(21)19-5-3-12(4-6-19)20-8-11(7-17-20)16(22)23/h7-10,12H,3-6H2,1-2H3,(H,22,23). The highest BCUT2D eigenvalue weighted by Gasteiger charge is 2.26. The second-order valence-electron chi connectivity index (χ2n) is 6.26. The Bertz CT molecular complexity index is 744. The number of carbonyl (C=O) groups is 2. The summed E-state index contributed by atoms with van der Waals surface area (Å²) in [6.45, 7) is 5.38. The van der Waals surface area contributed by atoms with Gasteiger partial charge in [-0.15, -0.1) is 11.3 Å². The van der Waals surface area contributed by atoms with Gasteiger partial charge in [0, 0.05) is 30.6 Å². The number of piperidine rings is 1. The van der Waals surface area contributed by atoms with E-state index in [9.17, 15) is 9.59 Å². The smallest absolute Gasteiger partial charge is 0.338 e. The van der Waals surface area contributed by atoms with Crippen LogP contribution in [0, 0.1) is 0 Å². The maximum absolute atomic E-state index is 12.5. The molecule has 1 saturated heterocycles. The average molecular weight is 348 g/mol. The summed E-state index contributed by atoms with van der Waals surface area (Å²) >= 11 is 1.52. The van der Waals surface area contributed by atoms with Crippen LogP contribution in [0.1, 0.15) is 64.5 Å². The van der Waals surface area contributed by atoms with E-state index in [0.29, 0.717) is 24.7 Å². The van der Waals surface area contributed by atoms with E-state index in [2.05, 4.69) is 23.9 Å². The van der Waals surface area contributed by atoms with E-state index in [-0.39, 0.29) is 17.5 Å². The third-order valence-corrected chi connectivity index (χ3v) is 5.35. The zero-order chi connectivity index (χ0) is 17.3. The van der Waals surface area contributed by atoms with Gasteiger partial charge in [-0.05, 0) is 12.8 Å². The molecule has 2 aromatic rings. The van der Waals surface area contributed by atoms with Crippen LogP contribution in [0.15, 0.2) is 17.8 Å². The molecule has 3 rings (SSSR count). The summed E-state index contributed by atoms with van der Waals surface area (Å²) in [5, 5.41) is 15.9. The summed E-state index contributed by atoms with van der Waals surface area (Å²) in [5.74, 6) is -0.674. The first-order valence-electron chi connectivity index (χ1n) is 7.98. The molecule has 1 aliphatic heterocycles. The molecule has 0 unspecified atom stereocenters. The molecule has 1 amide bonds. The van der Waals surface area contributed by atoms with Crippen molar-refractivity contribution in [3.8, 4) is 0 Å². The molecule has 2 aromatic heterocycles. The first kappa shape index (κ1) is 16.6. The van der Waals surface area contributed by atoms with Crippen LogP contribution in [0.25, 0.3) is 0 Å². The van der Waals surface area contributed by atoms with E-state index < -0.39 is 5.97 Å². The normalized spacial score (nSPS) is 15.9. The number of aromatic carboxylic acids is 1. The topological polar surface area (TPSA) is 88.3 Å². The predicted molar refractivity (Wildman–Crippen MR) is 89.6 cm³/mol. The molecule has 7 nitrogen and oxygen atoms in total. The Kier molecular flexibility index (Phi) is 4.66. The van der Waals surface area contributed by atoms with Crippen LogP contribution in [0.4, 0.5) is 0 Å². The molecule has 128 valence electrons. The molecule has 3 heterocycles. The minimum Gasteiger partial charge on any atom is -0.478 e. The van der Waals surface area contributed by atoms with Crippen LogP contribution >= 0.6 is 11.3 Å². The molecule has 1 fully saturated rings. The number of amides is 1. The lowest BCUT2D eigenvalue weighted by Gasteiger charge is -2.31. The number of nitrogens with zero attached hydrogens (tertiary/aromatic N) is 4. The molecule has 8 heteroatoms. The van der Waals surface area contributed by atoms with E-state index in [1.54, 1.807) is 10.9 Å². The summed E-state index contributed by atoms with van der Waals surface area (Å²) < 4.78 is 1.70. The zero-order valence-corrected chi connectivity index (χ0v) is 14.5. The van der Waals surface area contributed by atoms with Crippen molar-refractivity contribution in [3.05, 3.63) is 34.0 Å². The van der Waals surface area contributed by atoms with Gasteiger partial charge < -0.3 is 10.0 Å². The second kappa shape index (κ2) is 6.72. The van der Waals surface area contributed by atoms with Gasteiger partial charge in [0.25, 0.3) is 5.91 Å². The van der Waals surface area contributed by atoms with Crippen molar-refractivity contribution in [1.82, 2.24) is 19.7 Å². The highest BCUT2D eigenvalue weighted by Crippen LogP contribution is 2.25. The van der Waals surface area contributed by atoms with E-state index >= 15 is 0 Å². The number of carboxylic acid groups (broad SMARTS) is 1. The highest BCUT2D eigenvalue weighted by molar-refractivity contribution is 7.09. The van der Waals surface area contributed by atoms with Crippen LogP contribution in [0.3, 0.4) is 0 Å². The fraction of sp³-hybridized carbons (Fsp3) is 0.500. The van der Waals surface area contributed by atoms with Gasteiger partial charge in [-0.1, -0.05) is 13.8 Å².